The predicted molar refractivity (Wildman–Crippen MR) is 71.7 cm³/mol. The lowest BCUT2D eigenvalue weighted by Crippen LogP contribution is -2.41. The molecule has 0 saturated carbocycles. The van der Waals surface area contributed by atoms with Gasteiger partial charge in [0.2, 0.25) is 0 Å². The molecule has 0 unspecified atom stereocenters. The molecule has 1 saturated heterocycles. The van der Waals surface area contributed by atoms with Crippen molar-refractivity contribution in [1.82, 2.24) is 15.2 Å². The number of hydrogen-bond acceptors (Lipinski definition) is 4. The molecule has 6 heteroatoms. The Hall–Kier alpha value is -1.95. The van der Waals surface area contributed by atoms with E-state index in [0.29, 0.717) is 18.9 Å². The van der Waals surface area contributed by atoms with Crippen LogP contribution in [-0.4, -0.2) is 47.9 Å². The Bertz CT molecular complexity index is 450. The van der Waals surface area contributed by atoms with Crippen LogP contribution in [0.2, 0.25) is 0 Å². The van der Waals surface area contributed by atoms with E-state index in [1.165, 1.54) is 0 Å². The minimum atomic E-state index is -0.627. The molecule has 102 valence electrons. The zero-order chi connectivity index (χ0) is 13.7. The molecule has 1 fully saturated rings. The van der Waals surface area contributed by atoms with Gasteiger partial charge in [-0.05, 0) is 31.5 Å². The zero-order valence-corrected chi connectivity index (χ0v) is 11.0. The van der Waals surface area contributed by atoms with Crippen LogP contribution in [0.15, 0.2) is 18.3 Å². The highest BCUT2D eigenvalue weighted by molar-refractivity contribution is 6.39. The lowest BCUT2D eigenvalue weighted by molar-refractivity contribution is -0.143. The van der Waals surface area contributed by atoms with Crippen molar-refractivity contribution in [2.75, 3.05) is 31.5 Å². The summed E-state index contributed by atoms with van der Waals surface area (Å²) in [6.07, 6.45) is 2.51. The van der Waals surface area contributed by atoms with Crippen LogP contribution in [0.25, 0.3) is 0 Å². The molecule has 1 aromatic rings. The van der Waals surface area contributed by atoms with Crippen molar-refractivity contribution in [2.24, 2.45) is 0 Å². The molecule has 2 heterocycles. The van der Waals surface area contributed by atoms with Gasteiger partial charge in [0.15, 0.2) is 0 Å². The molecule has 0 radical (unpaired) electrons. The summed E-state index contributed by atoms with van der Waals surface area (Å²) in [5, 5.41) is 5.71. The third-order valence-corrected chi connectivity index (χ3v) is 2.97. The Balaban J connectivity index is 1.94. The predicted octanol–water partition coefficient (Wildman–Crippen LogP) is 0.150. The van der Waals surface area contributed by atoms with E-state index in [1.807, 2.05) is 13.0 Å². The zero-order valence-electron chi connectivity index (χ0n) is 11.0. The highest BCUT2D eigenvalue weighted by atomic mass is 16.2. The number of rotatable bonds is 1. The third-order valence-electron chi connectivity index (χ3n) is 2.97. The molecule has 2 N–H and O–H groups in total. The van der Waals surface area contributed by atoms with Gasteiger partial charge in [-0.15, -0.1) is 0 Å². The van der Waals surface area contributed by atoms with Crippen LogP contribution >= 0.6 is 0 Å². The normalized spacial score (nSPS) is 15.7. The van der Waals surface area contributed by atoms with Crippen LogP contribution in [0.5, 0.6) is 0 Å². The van der Waals surface area contributed by atoms with Crippen molar-refractivity contribution in [3.8, 4) is 0 Å². The molecule has 1 aromatic heterocycles. The molecule has 6 nitrogen and oxygen atoms in total. The summed E-state index contributed by atoms with van der Waals surface area (Å²) in [6, 6.07) is 3.52. The monoisotopic (exact) mass is 262 g/mol. The van der Waals surface area contributed by atoms with Crippen molar-refractivity contribution >= 4 is 17.6 Å². The number of nitrogens with one attached hydrogen (secondary N) is 2. The maximum absolute atomic E-state index is 12.0. The van der Waals surface area contributed by atoms with Crippen molar-refractivity contribution in [3.05, 3.63) is 23.9 Å². The number of aromatic nitrogens is 1. The molecule has 1 aliphatic rings. The van der Waals surface area contributed by atoms with Crippen molar-refractivity contribution in [3.63, 3.8) is 0 Å². The SMILES string of the molecule is Cc1ccc(NC(=O)C(=O)N2CCCNCC2)nc1. The third kappa shape index (κ3) is 3.75. The number of carbonyl (C=O) groups excluding carboxylic acids is 2. The summed E-state index contributed by atoms with van der Waals surface area (Å²) in [4.78, 5) is 29.4. The van der Waals surface area contributed by atoms with Gasteiger partial charge >= 0.3 is 11.8 Å². The minimum Gasteiger partial charge on any atom is -0.333 e. The molecule has 0 aliphatic carbocycles. The first-order chi connectivity index (χ1) is 9.16. The first-order valence-electron chi connectivity index (χ1n) is 6.40. The van der Waals surface area contributed by atoms with E-state index >= 15 is 0 Å². The molecule has 2 rings (SSSR count). The number of carbonyl (C=O) groups is 2. The topological polar surface area (TPSA) is 74.3 Å². The molecule has 19 heavy (non-hydrogen) atoms. The molecular formula is C13H18N4O2. The second-order valence-corrected chi connectivity index (χ2v) is 4.57. The van der Waals surface area contributed by atoms with Gasteiger partial charge in [-0.25, -0.2) is 4.98 Å². The van der Waals surface area contributed by atoms with Crippen LogP contribution in [0.3, 0.4) is 0 Å². The van der Waals surface area contributed by atoms with Gasteiger partial charge in [-0.3, -0.25) is 9.59 Å². The van der Waals surface area contributed by atoms with Crippen molar-refractivity contribution in [2.45, 2.75) is 13.3 Å². The Kier molecular flexibility index (Phi) is 4.46. The molecule has 0 aromatic carbocycles. The number of anilines is 1. The van der Waals surface area contributed by atoms with Crippen LogP contribution in [0.4, 0.5) is 5.82 Å². The highest BCUT2D eigenvalue weighted by Gasteiger charge is 2.22. The molecular weight excluding hydrogens is 244 g/mol. The van der Waals surface area contributed by atoms with Crippen LogP contribution < -0.4 is 10.6 Å². The summed E-state index contributed by atoms with van der Waals surface area (Å²) >= 11 is 0. The highest BCUT2D eigenvalue weighted by Crippen LogP contribution is 2.05. The number of amides is 2. The molecule has 0 bridgehead atoms. The van der Waals surface area contributed by atoms with E-state index in [9.17, 15) is 9.59 Å². The Morgan fingerprint density at radius 3 is 2.89 bits per heavy atom. The smallest absolute Gasteiger partial charge is 0.315 e. The van der Waals surface area contributed by atoms with E-state index in [4.69, 9.17) is 0 Å². The van der Waals surface area contributed by atoms with Gasteiger partial charge in [-0.1, -0.05) is 6.07 Å². The Morgan fingerprint density at radius 1 is 1.32 bits per heavy atom. The summed E-state index contributed by atoms with van der Waals surface area (Å²) < 4.78 is 0. The average molecular weight is 262 g/mol. The fourth-order valence-corrected chi connectivity index (χ4v) is 1.90. The van der Waals surface area contributed by atoms with E-state index in [0.717, 1.165) is 25.1 Å². The first-order valence-corrected chi connectivity index (χ1v) is 6.40. The first kappa shape index (κ1) is 13.5. The molecule has 0 spiro atoms. The van der Waals surface area contributed by atoms with Gasteiger partial charge in [-0.2, -0.15) is 0 Å². The van der Waals surface area contributed by atoms with Gasteiger partial charge in [0.25, 0.3) is 0 Å². The lowest BCUT2D eigenvalue weighted by Gasteiger charge is -2.18. The fraction of sp³-hybridized carbons (Fsp3) is 0.462. The van der Waals surface area contributed by atoms with Crippen molar-refractivity contribution < 1.29 is 9.59 Å². The van der Waals surface area contributed by atoms with E-state index < -0.39 is 11.8 Å². The van der Waals surface area contributed by atoms with Crippen molar-refractivity contribution in [1.29, 1.82) is 0 Å². The van der Waals surface area contributed by atoms with E-state index in [1.54, 1.807) is 17.2 Å². The van der Waals surface area contributed by atoms with Crippen LogP contribution in [-0.2, 0) is 9.59 Å². The number of aryl methyl sites for hydroxylation is 1. The quantitative estimate of drug-likeness (QED) is 0.707. The Labute approximate surface area is 112 Å². The van der Waals surface area contributed by atoms with E-state index in [-0.39, 0.29) is 0 Å². The van der Waals surface area contributed by atoms with Crippen LogP contribution in [0, 0.1) is 6.92 Å². The van der Waals surface area contributed by atoms with Gasteiger partial charge < -0.3 is 15.5 Å². The maximum Gasteiger partial charge on any atom is 0.315 e. The maximum atomic E-state index is 12.0. The fourth-order valence-electron chi connectivity index (χ4n) is 1.90. The average Bonchev–Trinajstić information content (AvgIpc) is 2.69. The van der Waals surface area contributed by atoms with E-state index in [2.05, 4.69) is 15.6 Å². The molecule has 0 atom stereocenters. The summed E-state index contributed by atoms with van der Waals surface area (Å²) in [7, 11) is 0. The minimum absolute atomic E-state index is 0.400. The van der Waals surface area contributed by atoms with Gasteiger partial charge in [0.05, 0.1) is 0 Å². The largest absolute Gasteiger partial charge is 0.333 e. The van der Waals surface area contributed by atoms with Gasteiger partial charge in [0, 0.05) is 25.8 Å². The second-order valence-electron chi connectivity index (χ2n) is 4.57. The number of pyridine rings is 1. The van der Waals surface area contributed by atoms with Gasteiger partial charge in [0.1, 0.15) is 5.82 Å². The second kappa shape index (κ2) is 6.29. The number of hydrogen-bond donors (Lipinski definition) is 2. The standard InChI is InChI=1S/C13H18N4O2/c1-10-3-4-11(15-9-10)16-12(18)13(19)17-7-2-5-14-6-8-17/h3-4,9,14H,2,5-8H2,1H3,(H,15,16,18). The summed E-state index contributed by atoms with van der Waals surface area (Å²) in [5.74, 6) is -0.721. The summed E-state index contributed by atoms with van der Waals surface area (Å²) in [5.41, 5.74) is 1.00. The number of nitrogens with zero attached hydrogens (tertiary/aromatic N) is 2. The molecule has 1 aliphatic heterocycles. The summed E-state index contributed by atoms with van der Waals surface area (Å²) in [6.45, 7) is 4.69. The lowest BCUT2D eigenvalue weighted by atomic mass is 10.3. The van der Waals surface area contributed by atoms with Crippen LogP contribution in [0.1, 0.15) is 12.0 Å². The molecule has 2 amide bonds. The Morgan fingerprint density at radius 2 is 2.16 bits per heavy atom.